The molecular weight excluding hydrogens is 290 g/mol. The van der Waals surface area contributed by atoms with Crippen molar-refractivity contribution in [2.45, 2.75) is 11.4 Å². The van der Waals surface area contributed by atoms with Gasteiger partial charge in [0.1, 0.15) is 0 Å². The molecule has 7 heteroatoms. The first-order valence-electron chi connectivity index (χ1n) is 6.15. The highest BCUT2D eigenvalue weighted by Gasteiger charge is 2.13. The molecule has 0 aliphatic heterocycles. The molecule has 110 valence electrons. The molecule has 0 aliphatic carbocycles. The summed E-state index contributed by atoms with van der Waals surface area (Å²) >= 11 is 0. The van der Waals surface area contributed by atoms with E-state index in [1.54, 1.807) is 18.3 Å². The molecule has 0 fully saturated rings. The third kappa shape index (κ3) is 4.03. The standard InChI is InChI=1S/C14H15N3O3S/c1-21(19,20)13-7-10(6-11(15)8-13)14(18)17-9-12-4-2-3-5-16-12/h2-8H,9,15H2,1H3,(H,17,18). The van der Waals surface area contributed by atoms with Gasteiger partial charge < -0.3 is 11.1 Å². The summed E-state index contributed by atoms with van der Waals surface area (Å²) in [6.07, 6.45) is 2.70. The molecule has 0 radical (unpaired) electrons. The summed E-state index contributed by atoms with van der Waals surface area (Å²) in [4.78, 5) is 16.2. The van der Waals surface area contributed by atoms with Crippen LogP contribution in [0.5, 0.6) is 0 Å². The number of carbonyl (C=O) groups is 1. The Hall–Kier alpha value is -2.41. The summed E-state index contributed by atoms with van der Waals surface area (Å²) in [6, 6.07) is 9.44. The van der Waals surface area contributed by atoms with E-state index >= 15 is 0 Å². The van der Waals surface area contributed by atoms with Gasteiger partial charge in [0.15, 0.2) is 9.84 Å². The number of carbonyl (C=O) groups excluding carboxylic acids is 1. The zero-order chi connectivity index (χ0) is 15.5. The Labute approximate surface area is 122 Å². The van der Waals surface area contributed by atoms with E-state index in [0.717, 1.165) is 6.26 Å². The molecule has 0 saturated carbocycles. The second-order valence-corrected chi connectivity index (χ2v) is 6.58. The number of nitrogens with two attached hydrogens (primary N) is 1. The largest absolute Gasteiger partial charge is 0.399 e. The highest BCUT2D eigenvalue weighted by molar-refractivity contribution is 7.90. The summed E-state index contributed by atoms with van der Waals surface area (Å²) in [5.74, 6) is -0.405. The number of nitrogens with one attached hydrogen (secondary N) is 1. The van der Waals surface area contributed by atoms with Crippen LogP contribution in [0.2, 0.25) is 0 Å². The van der Waals surface area contributed by atoms with E-state index < -0.39 is 15.7 Å². The van der Waals surface area contributed by atoms with Crippen LogP contribution in [-0.4, -0.2) is 25.6 Å². The van der Waals surface area contributed by atoms with Gasteiger partial charge in [-0.15, -0.1) is 0 Å². The van der Waals surface area contributed by atoms with E-state index in [1.807, 2.05) is 6.07 Å². The maximum Gasteiger partial charge on any atom is 0.251 e. The van der Waals surface area contributed by atoms with Crippen LogP contribution in [-0.2, 0) is 16.4 Å². The van der Waals surface area contributed by atoms with Crippen LogP contribution in [0, 0.1) is 0 Å². The molecular formula is C14H15N3O3S. The minimum atomic E-state index is -3.42. The Kier molecular flexibility index (Phi) is 4.23. The predicted octanol–water partition coefficient (Wildman–Crippen LogP) is 0.997. The molecule has 0 bridgehead atoms. The summed E-state index contributed by atoms with van der Waals surface area (Å²) in [5.41, 5.74) is 6.77. The number of anilines is 1. The molecule has 2 rings (SSSR count). The molecule has 1 heterocycles. The zero-order valence-corrected chi connectivity index (χ0v) is 12.2. The van der Waals surface area contributed by atoms with Crippen LogP contribution < -0.4 is 11.1 Å². The molecule has 21 heavy (non-hydrogen) atoms. The fraction of sp³-hybridized carbons (Fsp3) is 0.143. The van der Waals surface area contributed by atoms with Crippen molar-refractivity contribution in [3.63, 3.8) is 0 Å². The van der Waals surface area contributed by atoms with E-state index in [-0.39, 0.29) is 22.7 Å². The maximum absolute atomic E-state index is 12.1. The van der Waals surface area contributed by atoms with Crippen molar-refractivity contribution in [2.75, 3.05) is 12.0 Å². The first-order valence-corrected chi connectivity index (χ1v) is 8.04. The quantitative estimate of drug-likeness (QED) is 0.820. The number of nitrogen functional groups attached to an aromatic ring is 1. The number of benzene rings is 1. The van der Waals surface area contributed by atoms with Crippen molar-refractivity contribution >= 4 is 21.4 Å². The lowest BCUT2D eigenvalue weighted by Crippen LogP contribution is -2.23. The second-order valence-electron chi connectivity index (χ2n) is 4.57. The van der Waals surface area contributed by atoms with Gasteiger partial charge in [0.25, 0.3) is 5.91 Å². The van der Waals surface area contributed by atoms with Gasteiger partial charge in [-0.1, -0.05) is 6.07 Å². The summed E-state index contributed by atoms with van der Waals surface area (Å²) in [5, 5.41) is 2.67. The van der Waals surface area contributed by atoms with Crippen molar-refractivity contribution in [2.24, 2.45) is 0 Å². The minimum absolute atomic E-state index is 0.0190. The topological polar surface area (TPSA) is 102 Å². The number of amides is 1. The summed E-state index contributed by atoms with van der Waals surface area (Å²) in [6.45, 7) is 0.253. The molecule has 0 atom stereocenters. The van der Waals surface area contributed by atoms with E-state index in [9.17, 15) is 13.2 Å². The van der Waals surface area contributed by atoms with Crippen LogP contribution >= 0.6 is 0 Å². The number of pyridine rings is 1. The van der Waals surface area contributed by atoms with Crippen molar-refractivity contribution in [1.82, 2.24) is 10.3 Å². The Morgan fingerprint density at radius 1 is 1.29 bits per heavy atom. The lowest BCUT2D eigenvalue weighted by atomic mass is 10.2. The normalized spacial score (nSPS) is 11.1. The predicted molar refractivity (Wildman–Crippen MR) is 79.4 cm³/mol. The van der Waals surface area contributed by atoms with E-state index in [1.165, 1.54) is 18.2 Å². The average Bonchev–Trinajstić information content (AvgIpc) is 2.44. The molecule has 3 N–H and O–H groups in total. The highest BCUT2D eigenvalue weighted by Crippen LogP contribution is 2.16. The Balaban J connectivity index is 2.18. The number of hydrogen-bond acceptors (Lipinski definition) is 5. The van der Waals surface area contributed by atoms with E-state index in [2.05, 4.69) is 10.3 Å². The first kappa shape index (κ1) is 15.0. The summed E-state index contributed by atoms with van der Waals surface area (Å²) < 4.78 is 23.1. The molecule has 0 aliphatic rings. The Morgan fingerprint density at radius 2 is 2.05 bits per heavy atom. The molecule has 6 nitrogen and oxygen atoms in total. The van der Waals surface area contributed by atoms with Crippen LogP contribution in [0.15, 0.2) is 47.5 Å². The van der Waals surface area contributed by atoms with Gasteiger partial charge in [-0.25, -0.2) is 8.42 Å². The van der Waals surface area contributed by atoms with Gasteiger partial charge in [-0.3, -0.25) is 9.78 Å². The summed E-state index contributed by atoms with van der Waals surface area (Å²) in [7, 11) is -3.42. The number of nitrogens with zero attached hydrogens (tertiary/aromatic N) is 1. The van der Waals surface area contributed by atoms with Gasteiger partial charge in [-0.05, 0) is 30.3 Å². The van der Waals surface area contributed by atoms with Crippen LogP contribution in [0.25, 0.3) is 0 Å². The molecule has 2 aromatic rings. The molecule has 1 aromatic heterocycles. The van der Waals surface area contributed by atoms with Gasteiger partial charge in [0, 0.05) is 23.7 Å². The smallest absolute Gasteiger partial charge is 0.251 e. The monoisotopic (exact) mass is 305 g/mol. The van der Waals surface area contributed by atoms with Crippen LogP contribution in [0.3, 0.4) is 0 Å². The third-order valence-corrected chi connectivity index (χ3v) is 3.87. The minimum Gasteiger partial charge on any atom is -0.399 e. The van der Waals surface area contributed by atoms with Crippen molar-refractivity contribution in [1.29, 1.82) is 0 Å². The van der Waals surface area contributed by atoms with E-state index in [4.69, 9.17) is 5.73 Å². The molecule has 1 amide bonds. The molecule has 0 saturated heterocycles. The fourth-order valence-electron chi connectivity index (χ4n) is 1.74. The Morgan fingerprint density at radius 3 is 2.67 bits per heavy atom. The lowest BCUT2D eigenvalue weighted by molar-refractivity contribution is 0.0950. The molecule has 0 spiro atoms. The van der Waals surface area contributed by atoms with Crippen molar-refractivity contribution in [3.05, 3.63) is 53.9 Å². The van der Waals surface area contributed by atoms with E-state index in [0.29, 0.717) is 5.69 Å². The number of rotatable bonds is 4. The molecule has 0 unspecified atom stereocenters. The maximum atomic E-state index is 12.1. The van der Waals surface area contributed by atoms with Crippen molar-refractivity contribution in [3.8, 4) is 0 Å². The van der Waals surface area contributed by atoms with Gasteiger partial charge >= 0.3 is 0 Å². The number of aromatic nitrogens is 1. The molecule has 1 aromatic carbocycles. The van der Waals surface area contributed by atoms with Crippen LogP contribution in [0.4, 0.5) is 5.69 Å². The van der Waals surface area contributed by atoms with Crippen molar-refractivity contribution < 1.29 is 13.2 Å². The highest BCUT2D eigenvalue weighted by atomic mass is 32.2. The van der Waals surface area contributed by atoms with Gasteiger partial charge in [0.05, 0.1) is 17.1 Å². The van der Waals surface area contributed by atoms with Gasteiger partial charge in [-0.2, -0.15) is 0 Å². The number of hydrogen-bond donors (Lipinski definition) is 2. The first-order chi connectivity index (χ1) is 9.86. The Bertz CT molecular complexity index is 758. The lowest BCUT2D eigenvalue weighted by Gasteiger charge is -2.07. The number of sulfone groups is 1. The SMILES string of the molecule is CS(=O)(=O)c1cc(N)cc(C(=O)NCc2ccccn2)c1. The van der Waals surface area contributed by atoms with Gasteiger partial charge in [0.2, 0.25) is 0 Å². The second kappa shape index (κ2) is 5.92. The average molecular weight is 305 g/mol. The fourth-order valence-corrected chi connectivity index (χ4v) is 2.43. The van der Waals surface area contributed by atoms with Crippen LogP contribution in [0.1, 0.15) is 16.1 Å². The zero-order valence-electron chi connectivity index (χ0n) is 11.4. The third-order valence-electron chi connectivity index (χ3n) is 2.78.